The van der Waals surface area contributed by atoms with Gasteiger partial charge >= 0.3 is 5.97 Å². The first-order valence-electron chi connectivity index (χ1n) is 9.33. The van der Waals surface area contributed by atoms with Gasteiger partial charge in [-0.1, -0.05) is 48.5 Å². The molecule has 0 aliphatic rings. The highest BCUT2D eigenvalue weighted by atomic mass is 16.4. The van der Waals surface area contributed by atoms with Crippen molar-refractivity contribution in [2.24, 2.45) is 0 Å². The predicted octanol–water partition coefficient (Wildman–Crippen LogP) is 2.03. The molecule has 7 nitrogen and oxygen atoms in total. The smallest absolute Gasteiger partial charge is 0.326 e. The second-order valence-corrected chi connectivity index (χ2v) is 6.91. The van der Waals surface area contributed by atoms with Gasteiger partial charge in [-0.2, -0.15) is 0 Å². The van der Waals surface area contributed by atoms with E-state index in [9.17, 15) is 19.5 Å². The molecule has 2 amide bonds. The van der Waals surface area contributed by atoms with Crippen LogP contribution < -0.4 is 10.6 Å². The fourth-order valence-electron chi connectivity index (χ4n) is 3.30. The highest BCUT2D eigenvalue weighted by Crippen LogP contribution is 2.19. The number of carbonyl (C=O) groups excluding carboxylic acids is 2. The maximum Gasteiger partial charge on any atom is 0.326 e. The first-order chi connectivity index (χ1) is 13.9. The summed E-state index contributed by atoms with van der Waals surface area (Å²) in [5.41, 5.74) is 2.59. The Bertz CT molecular complexity index is 1010. The summed E-state index contributed by atoms with van der Waals surface area (Å²) in [6.07, 6.45) is 2.19. The number of aromatic amines is 1. The number of carboxylic acid groups (broad SMARTS) is 1. The number of hydrogen-bond donors (Lipinski definition) is 4. The molecule has 0 unspecified atom stereocenters. The number of benzene rings is 2. The molecule has 2 atom stereocenters. The fourth-order valence-corrected chi connectivity index (χ4v) is 3.30. The summed E-state index contributed by atoms with van der Waals surface area (Å²) in [5.74, 6) is -2.02. The molecule has 150 valence electrons. The van der Waals surface area contributed by atoms with Gasteiger partial charge in [0.15, 0.2) is 0 Å². The minimum absolute atomic E-state index is 0.155. The van der Waals surface area contributed by atoms with E-state index in [1.54, 1.807) is 18.3 Å². The first kappa shape index (κ1) is 20.1. The molecule has 0 spiro atoms. The summed E-state index contributed by atoms with van der Waals surface area (Å²) < 4.78 is 0. The van der Waals surface area contributed by atoms with Gasteiger partial charge in [0.05, 0.1) is 0 Å². The molecule has 3 aromatic rings. The van der Waals surface area contributed by atoms with Gasteiger partial charge < -0.3 is 20.7 Å². The van der Waals surface area contributed by atoms with E-state index in [0.29, 0.717) is 0 Å². The molecule has 1 aromatic heterocycles. The number of fused-ring (bicyclic) bond motifs is 1. The Morgan fingerprint density at radius 2 is 1.62 bits per heavy atom. The number of para-hydroxylation sites is 1. The van der Waals surface area contributed by atoms with Gasteiger partial charge in [0.1, 0.15) is 12.1 Å². The minimum Gasteiger partial charge on any atom is -0.480 e. The van der Waals surface area contributed by atoms with Crippen LogP contribution in [-0.2, 0) is 27.2 Å². The topological polar surface area (TPSA) is 111 Å². The van der Waals surface area contributed by atoms with Crippen molar-refractivity contribution < 1.29 is 19.5 Å². The van der Waals surface area contributed by atoms with Crippen LogP contribution in [0.1, 0.15) is 18.1 Å². The summed E-state index contributed by atoms with van der Waals surface area (Å²) in [6, 6.07) is 14.7. The molecule has 0 bridgehead atoms. The summed E-state index contributed by atoms with van der Waals surface area (Å²) in [7, 11) is 0. The molecule has 2 aromatic carbocycles. The van der Waals surface area contributed by atoms with Crippen molar-refractivity contribution in [2.45, 2.75) is 31.8 Å². The second-order valence-electron chi connectivity index (χ2n) is 6.91. The van der Waals surface area contributed by atoms with Crippen LogP contribution in [-0.4, -0.2) is 40.0 Å². The Balaban J connectivity index is 1.77. The van der Waals surface area contributed by atoms with Crippen molar-refractivity contribution in [2.75, 3.05) is 0 Å². The van der Waals surface area contributed by atoms with E-state index in [4.69, 9.17) is 0 Å². The zero-order chi connectivity index (χ0) is 20.8. The molecule has 0 saturated carbocycles. The third kappa shape index (κ3) is 5.22. The van der Waals surface area contributed by atoms with E-state index in [1.165, 1.54) is 6.92 Å². The van der Waals surface area contributed by atoms with Crippen molar-refractivity contribution in [3.05, 3.63) is 71.9 Å². The molecular formula is C22H23N3O4. The number of aliphatic carboxylic acids is 1. The number of rotatable bonds is 8. The molecule has 3 rings (SSSR count). The lowest BCUT2D eigenvalue weighted by atomic mass is 10.0. The molecule has 7 heteroatoms. The van der Waals surface area contributed by atoms with Gasteiger partial charge in [0, 0.05) is 36.9 Å². The molecule has 0 radical (unpaired) electrons. The van der Waals surface area contributed by atoms with Crippen molar-refractivity contribution in [1.29, 1.82) is 0 Å². The fraction of sp³-hybridized carbons (Fsp3) is 0.227. The molecule has 0 aliphatic heterocycles. The van der Waals surface area contributed by atoms with Crippen LogP contribution in [0.15, 0.2) is 60.8 Å². The van der Waals surface area contributed by atoms with Crippen LogP contribution in [0, 0.1) is 0 Å². The average molecular weight is 393 g/mol. The molecule has 0 fully saturated rings. The molecule has 29 heavy (non-hydrogen) atoms. The zero-order valence-electron chi connectivity index (χ0n) is 16.0. The lowest BCUT2D eigenvalue weighted by Crippen LogP contribution is -2.52. The lowest BCUT2D eigenvalue weighted by Gasteiger charge is -2.21. The van der Waals surface area contributed by atoms with E-state index in [0.717, 1.165) is 22.0 Å². The van der Waals surface area contributed by atoms with Crippen molar-refractivity contribution in [3.63, 3.8) is 0 Å². The standard InChI is InChI=1S/C22H23N3O4/c1-14(26)24-19(12-16-13-23-18-10-6-5-9-17(16)18)21(27)25-20(22(28)29)11-15-7-3-2-4-8-15/h2-10,13,19-20,23H,11-12H2,1H3,(H,24,26)(H,25,27)(H,28,29)/t19-,20-/m0/s1. The lowest BCUT2D eigenvalue weighted by molar-refractivity contribution is -0.142. The van der Waals surface area contributed by atoms with Crippen LogP contribution in [0.25, 0.3) is 10.9 Å². The Hall–Kier alpha value is -3.61. The van der Waals surface area contributed by atoms with E-state index in [-0.39, 0.29) is 18.7 Å². The van der Waals surface area contributed by atoms with Crippen LogP contribution in [0.2, 0.25) is 0 Å². The number of hydrogen-bond acceptors (Lipinski definition) is 3. The van der Waals surface area contributed by atoms with Gasteiger partial charge in [0.2, 0.25) is 11.8 Å². The summed E-state index contributed by atoms with van der Waals surface area (Å²) in [4.78, 5) is 39.3. The molecule has 0 aliphatic carbocycles. The van der Waals surface area contributed by atoms with Gasteiger partial charge in [-0.3, -0.25) is 9.59 Å². The normalized spacial score (nSPS) is 12.9. The Morgan fingerprint density at radius 1 is 0.931 bits per heavy atom. The largest absolute Gasteiger partial charge is 0.480 e. The molecule has 0 saturated heterocycles. The number of carboxylic acids is 1. The van der Waals surface area contributed by atoms with Crippen LogP contribution >= 0.6 is 0 Å². The van der Waals surface area contributed by atoms with Crippen molar-refractivity contribution >= 4 is 28.7 Å². The first-order valence-corrected chi connectivity index (χ1v) is 9.33. The molecule has 4 N–H and O–H groups in total. The van der Waals surface area contributed by atoms with Gasteiger partial charge in [0.25, 0.3) is 0 Å². The second kappa shape index (κ2) is 9.05. The van der Waals surface area contributed by atoms with E-state index in [2.05, 4.69) is 15.6 Å². The minimum atomic E-state index is -1.13. The SMILES string of the molecule is CC(=O)N[C@@H](Cc1c[nH]c2ccccc12)C(=O)N[C@@H](Cc1ccccc1)C(=O)O. The maximum atomic E-state index is 12.8. The summed E-state index contributed by atoms with van der Waals surface area (Å²) >= 11 is 0. The van der Waals surface area contributed by atoms with Crippen LogP contribution in [0.3, 0.4) is 0 Å². The number of carbonyl (C=O) groups is 3. The molecule has 1 heterocycles. The predicted molar refractivity (Wildman–Crippen MR) is 109 cm³/mol. The third-order valence-corrected chi connectivity index (χ3v) is 4.69. The molecular weight excluding hydrogens is 370 g/mol. The van der Waals surface area contributed by atoms with Crippen molar-refractivity contribution in [1.82, 2.24) is 15.6 Å². The summed E-state index contributed by atoms with van der Waals surface area (Å²) in [6.45, 7) is 1.33. The van der Waals surface area contributed by atoms with Gasteiger partial charge in [-0.05, 0) is 17.2 Å². The maximum absolute atomic E-state index is 12.8. The van der Waals surface area contributed by atoms with Crippen LogP contribution in [0.5, 0.6) is 0 Å². The Labute approximate surface area is 168 Å². The van der Waals surface area contributed by atoms with Gasteiger partial charge in [-0.25, -0.2) is 4.79 Å². The monoisotopic (exact) mass is 393 g/mol. The number of H-pyrrole nitrogens is 1. The van der Waals surface area contributed by atoms with Crippen molar-refractivity contribution in [3.8, 4) is 0 Å². The summed E-state index contributed by atoms with van der Waals surface area (Å²) in [5, 5.41) is 15.7. The quantitative estimate of drug-likeness (QED) is 0.469. The van der Waals surface area contributed by atoms with Crippen LogP contribution in [0.4, 0.5) is 0 Å². The zero-order valence-corrected chi connectivity index (χ0v) is 16.0. The van der Waals surface area contributed by atoms with E-state index in [1.807, 2.05) is 42.5 Å². The number of nitrogens with one attached hydrogen (secondary N) is 3. The van der Waals surface area contributed by atoms with E-state index < -0.39 is 24.0 Å². The third-order valence-electron chi connectivity index (χ3n) is 4.69. The van der Waals surface area contributed by atoms with Gasteiger partial charge in [-0.15, -0.1) is 0 Å². The average Bonchev–Trinajstić information content (AvgIpc) is 3.10. The highest BCUT2D eigenvalue weighted by molar-refractivity contribution is 5.91. The Morgan fingerprint density at radius 3 is 2.31 bits per heavy atom. The Kier molecular flexibility index (Phi) is 6.29. The number of aromatic nitrogens is 1. The van der Waals surface area contributed by atoms with E-state index >= 15 is 0 Å². The highest BCUT2D eigenvalue weighted by Gasteiger charge is 2.27. The number of amides is 2.